The smallest absolute Gasteiger partial charge is 0.196 e. The zero-order valence-corrected chi connectivity index (χ0v) is 15.3. The van der Waals surface area contributed by atoms with Gasteiger partial charge in [-0.15, -0.1) is 15.3 Å². The molecule has 0 aliphatic rings. The van der Waals surface area contributed by atoms with Gasteiger partial charge in [-0.25, -0.2) is 9.50 Å². The lowest BCUT2D eigenvalue weighted by Gasteiger charge is -2.04. The largest absolute Gasteiger partial charge is 0.336 e. The van der Waals surface area contributed by atoms with Crippen molar-refractivity contribution in [1.29, 1.82) is 0 Å². The minimum absolute atomic E-state index is 0.0509. The molecule has 0 bridgehead atoms. The van der Waals surface area contributed by atoms with Gasteiger partial charge < -0.3 is 4.98 Å². The summed E-state index contributed by atoms with van der Waals surface area (Å²) in [6, 6.07) is 15.1. The van der Waals surface area contributed by atoms with E-state index in [1.54, 1.807) is 10.6 Å². The zero-order valence-electron chi connectivity index (χ0n) is 15.3. The van der Waals surface area contributed by atoms with Gasteiger partial charge in [-0.2, -0.15) is 10.2 Å². The molecule has 0 fully saturated rings. The number of fused-ring (bicyclic) bond motifs is 3. The maximum atomic E-state index is 12.2. The molecule has 5 rings (SSSR count). The van der Waals surface area contributed by atoms with Crippen molar-refractivity contribution in [3.05, 3.63) is 66.6 Å². The molecular formula is C20H14N8O. The lowest BCUT2D eigenvalue weighted by Crippen LogP contribution is -1.96. The Balaban J connectivity index is 1.79. The summed E-state index contributed by atoms with van der Waals surface area (Å²) in [5.74, 6) is 0.270. The Morgan fingerprint density at radius 3 is 2.69 bits per heavy atom. The molecule has 0 spiro atoms. The van der Waals surface area contributed by atoms with Crippen LogP contribution in [-0.4, -0.2) is 35.6 Å². The van der Waals surface area contributed by atoms with Crippen LogP contribution in [-0.2, 0) is 0 Å². The molecule has 0 saturated heterocycles. The number of imidazole rings is 1. The van der Waals surface area contributed by atoms with Crippen molar-refractivity contribution in [1.82, 2.24) is 29.8 Å². The average molecular weight is 382 g/mol. The number of ketones is 1. The molecule has 0 aliphatic carbocycles. The Hall–Kier alpha value is -4.27. The number of nitrogens with zero attached hydrogens (tertiary/aromatic N) is 7. The highest BCUT2D eigenvalue weighted by Gasteiger charge is 2.21. The van der Waals surface area contributed by atoms with Crippen molar-refractivity contribution in [2.24, 2.45) is 10.2 Å². The van der Waals surface area contributed by atoms with Gasteiger partial charge in [0.25, 0.3) is 0 Å². The minimum atomic E-state index is -0.0509. The third kappa shape index (κ3) is 2.85. The molecule has 0 radical (unpaired) electrons. The van der Waals surface area contributed by atoms with E-state index in [0.29, 0.717) is 34.0 Å². The molecule has 29 heavy (non-hydrogen) atoms. The molecule has 3 aromatic heterocycles. The van der Waals surface area contributed by atoms with Crippen LogP contribution in [0.2, 0.25) is 0 Å². The molecule has 2 aromatic carbocycles. The normalized spacial score (nSPS) is 11.6. The average Bonchev–Trinajstić information content (AvgIpc) is 3.29. The van der Waals surface area contributed by atoms with Crippen molar-refractivity contribution in [3.63, 3.8) is 0 Å². The molecule has 9 heteroatoms. The second-order valence-electron chi connectivity index (χ2n) is 6.36. The van der Waals surface area contributed by atoms with Crippen LogP contribution in [0.3, 0.4) is 0 Å². The number of hydrogen-bond donors (Lipinski definition) is 1. The van der Waals surface area contributed by atoms with E-state index in [1.807, 2.05) is 42.5 Å². The summed E-state index contributed by atoms with van der Waals surface area (Å²) < 4.78 is 1.77. The van der Waals surface area contributed by atoms with E-state index in [2.05, 4.69) is 30.4 Å². The highest BCUT2D eigenvalue weighted by molar-refractivity contribution is 6.03. The summed E-state index contributed by atoms with van der Waals surface area (Å²) in [6.07, 6.45) is 2.72. The predicted octanol–water partition coefficient (Wildman–Crippen LogP) is 4.29. The van der Waals surface area contributed by atoms with Crippen molar-refractivity contribution in [3.8, 4) is 11.3 Å². The summed E-state index contributed by atoms with van der Waals surface area (Å²) in [4.78, 5) is 19.5. The third-order valence-corrected chi connectivity index (χ3v) is 4.54. The fourth-order valence-corrected chi connectivity index (χ4v) is 3.25. The number of hydrogen-bond acceptors (Lipinski definition) is 7. The summed E-state index contributed by atoms with van der Waals surface area (Å²) in [6.45, 7) is 1.53. The van der Waals surface area contributed by atoms with Crippen molar-refractivity contribution < 1.29 is 4.79 Å². The van der Waals surface area contributed by atoms with E-state index in [1.165, 1.54) is 19.4 Å². The fourth-order valence-electron chi connectivity index (χ4n) is 3.25. The number of para-hydroxylation sites is 2. The number of azo groups is 1. The number of aromatic amines is 1. The van der Waals surface area contributed by atoms with Crippen molar-refractivity contribution in [2.45, 2.75) is 6.92 Å². The van der Waals surface area contributed by atoms with Crippen molar-refractivity contribution in [2.75, 3.05) is 0 Å². The number of H-pyrrole nitrogens is 1. The topological polar surface area (TPSA) is 114 Å². The van der Waals surface area contributed by atoms with E-state index < -0.39 is 0 Å². The van der Waals surface area contributed by atoms with E-state index in [0.717, 1.165) is 11.0 Å². The maximum Gasteiger partial charge on any atom is 0.196 e. The highest BCUT2D eigenvalue weighted by atomic mass is 16.1. The van der Waals surface area contributed by atoms with Crippen molar-refractivity contribution >= 4 is 34.0 Å². The molecule has 0 atom stereocenters. The second kappa shape index (κ2) is 6.71. The molecule has 0 saturated carbocycles. The number of Topliss-reactive ketones (excluding diaryl/α,β-unsaturated/α-hetero) is 1. The van der Waals surface area contributed by atoms with E-state index in [9.17, 15) is 4.79 Å². The van der Waals surface area contributed by atoms with Gasteiger partial charge in [0.05, 0.1) is 17.2 Å². The third-order valence-electron chi connectivity index (χ3n) is 4.54. The van der Waals surface area contributed by atoms with Gasteiger partial charge in [-0.3, -0.25) is 4.79 Å². The van der Waals surface area contributed by atoms with Gasteiger partial charge in [-0.05, 0) is 19.1 Å². The quantitative estimate of drug-likeness (QED) is 0.368. The number of carbonyl (C=O) groups excluding carboxylic acids is 1. The number of rotatable bonds is 4. The number of carbonyl (C=O) groups is 1. The Labute approximate surface area is 164 Å². The van der Waals surface area contributed by atoms with Crippen LogP contribution in [0.5, 0.6) is 0 Å². The summed E-state index contributed by atoms with van der Waals surface area (Å²) in [7, 11) is 0. The Kier molecular flexibility index (Phi) is 3.91. The summed E-state index contributed by atoms with van der Waals surface area (Å²) in [5, 5.41) is 20.7. The van der Waals surface area contributed by atoms with Crippen LogP contribution in [0.1, 0.15) is 17.3 Å². The van der Waals surface area contributed by atoms with E-state index >= 15 is 0 Å². The van der Waals surface area contributed by atoms with Crippen LogP contribution in [0.25, 0.3) is 27.9 Å². The van der Waals surface area contributed by atoms with Crippen LogP contribution in [0.15, 0.2) is 71.3 Å². The molecule has 0 amide bonds. The van der Waals surface area contributed by atoms with Crippen LogP contribution >= 0.6 is 0 Å². The lowest BCUT2D eigenvalue weighted by molar-refractivity contribution is 0.101. The van der Waals surface area contributed by atoms with Crippen LogP contribution in [0.4, 0.5) is 11.5 Å². The molecule has 9 nitrogen and oxygen atoms in total. The molecular weight excluding hydrogens is 368 g/mol. The maximum absolute atomic E-state index is 12.2. The Morgan fingerprint density at radius 2 is 1.86 bits per heavy atom. The molecule has 1 N–H and O–H groups in total. The molecule has 5 aromatic rings. The van der Waals surface area contributed by atoms with Crippen LogP contribution in [0, 0.1) is 0 Å². The van der Waals surface area contributed by atoms with E-state index in [4.69, 9.17) is 5.10 Å². The second-order valence-corrected chi connectivity index (χ2v) is 6.36. The van der Waals surface area contributed by atoms with Gasteiger partial charge in [0.15, 0.2) is 22.9 Å². The molecule has 3 heterocycles. The molecule has 140 valence electrons. The van der Waals surface area contributed by atoms with E-state index in [-0.39, 0.29) is 5.78 Å². The first-order valence-electron chi connectivity index (χ1n) is 8.86. The zero-order chi connectivity index (χ0) is 19.8. The Morgan fingerprint density at radius 1 is 1.03 bits per heavy atom. The SMILES string of the molecule is CC(=O)c1ccccc1-c1nn2c([nH]c3ccccc32)c1/N=N/c1cnncn1. The fraction of sp³-hybridized carbons (Fsp3) is 0.0500. The standard InChI is InChI=1S/C20H14N8O/c1-12(29)13-6-2-3-7-14(13)18-19(26-25-17-10-22-23-11-21-17)20-24-15-8-4-5-9-16(15)28(20)27-18/h2-11,24H,1H3/b26-25+. The number of aromatic nitrogens is 6. The number of benzene rings is 2. The minimum Gasteiger partial charge on any atom is -0.336 e. The monoisotopic (exact) mass is 382 g/mol. The first-order chi connectivity index (χ1) is 14.2. The molecule has 0 unspecified atom stereocenters. The highest BCUT2D eigenvalue weighted by Crippen LogP contribution is 2.37. The van der Waals surface area contributed by atoms with Gasteiger partial charge >= 0.3 is 0 Å². The van der Waals surface area contributed by atoms with Crippen LogP contribution < -0.4 is 0 Å². The van der Waals surface area contributed by atoms with Gasteiger partial charge in [0.1, 0.15) is 12.0 Å². The lowest BCUT2D eigenvalue weighted by atomic mass is 10.0. The summed E-state index contributed by atoms with van der Waals surface area (Å²) >= 11 is 0. The van der Waals surface area contributed by atoms with Gasteiger partial charge in [0, 0.05) is 11.1 Å². The first-order valence-corrected chi connectivity index (χ1v) is 8.86. The predicted molar refractivity (Wildman–Crippen MR) is 106 cm³/mol. The van der Waals surface area contributed by atoms with Gasteiger partial charge in [-0.1, -0.05) is 36.4 Å². The first kappa shape index (κ1) is 16.9. The summed E-state index contributed by atoms with van der Waals surface area (Å²) in [5.41, 5.74) is 4.81. The Bertz CT molecular complexity index is 1380. The van der Waals surface area contributed by atoms with Gasteiger partial charge in [0.2, 0.25) is 0 Å². The molecule has 0 aliphatic heterocycles. The number of nitrogens with one attached hydrogen (secondary N) is 1.